The molecule has 0 aliphatic carbocycles. The van der Waals surface area contributed by atoms with Crippen LogP contribution in [0.2, 0.25) is 0 Å². The van der Waals surface area contributed by atoms with Gasteiger partial charge in [0.05, 0.1) is 11.3 Å². The highest BCUT2D eigenvalue weighted by atomic mass is 32.2. The van der Waals surface area contributed by atoms with Crippen molar-refractivity contribution >= 4 is 33.4 Å². The van der Waals surface area contributed by atoms with Crippen LogP contribution in [0.3, 0.4) is 0 Å². The van der Waals surface area contributed by atoms with Crippen LogP contribution < -0.4 is 21.5 Å². The number of anilines is 2. The molecule has 1 unspecified atom stereocenters. The Kier molecular flexibility index (Phi) is 11.1. The van der Waals surface area contributed by atoms with Crippen LogP contribution in [0.25, 0.3) is 11.1 Å². The van der Waals surface area contributed by atoms with Crippen LogP contribution >= 0.6 is 11.9 Å². The first kappa shape index (κ1) is 34.2. The van der Waals surface area contributed by atoms with Gasteiger partial charge in [-0.05, 0) is 85.2 Å². The number of rotatable bonds is 15. The fraction of sp³-hybridized carbons (Fsp3) is 0.323. The zero-order valence-electron chi connectivity index (χ0n) is 24.6. The third-order valence-electron chi connectivity index (χ3n) is 7.22. The lowest BCUT2D eigenvalue weighted by atomic mass is 9.98. The van der Waals surface area contributed by atoms with Gasteiger partial charge in [-0.3, -0.25) is 19.1 Å². The summed E-state index contributed by atoms with van der Waals surface area (Å²) < 4.78 is 74.2. The molecule has 0 saturated heterocycles. The maximum Gasteiger partial charge on any atom is 0.417 e. The Labute approximate surface area is 263 Å². The van der Waals surface area contributed by atoms with E-state index < -0.39 is 38.5 Å². The molecular formula is C31H33F3N4O5S2. The van der Waals surface area contributed by atoms with E-state index in [1.807, 2.05) is 48.5 Å². The topological polar surface area (TPSA) is 129 Å². The molecule has 240 valence electrons. The zero-order chi connectivity index (χ0) is 32.8. The Morgan fingerprint density at radius 2 is 1.67 bits per heavy atom. The fourth-order valence-electron chi connectivity index (χ4n) is 4.79. The first-order valence-electron chi connectivity index (χ1n) is 14.1. The van der Waals surface area contributed by atoms with Gasteiger partial charge < -0.3 is 10.6 Å². The molecule has 1 atom stereocenters. The molecule has 1 aromatic heterocycles. The maximum absolute atomic E-state index is 13.8. The van der Waals surface area contributed by atoms with Crippen molar-refractivity contribution in [3.63, 3.8) is 0 Å². The van der Waals surface area contributed by atoms with Crippen LogP contribution in [0.4, 0.5) is 24.5 Å². The molecule has 4 aromatic rings. The van der Waals surface area contributed by atoms with Gasteiger partial charge in [-0.15, -0.1) is 0 Å². The van der Waals surface area contributed by atoms with E-state index in [1.165, 1.54) is 12.1 Å². The molecule has 0 fully saturated rings. The van der Waals surface area contributed by atoms with Gasteiger partial charge in [-0.1, -0.05) is 30.3 Å². The molecule has 4 rings (SSSR count). The number of halogens is 3. The minimum atomic E-state index is -4.52. The molecule has 45 heavy (non-hydrogen) atoms. The summed E-state index contributed by atoms with van der Waals surface area (Å²) in [4.78, 5) is 28.2. The van der Waals surface area contributed by atoms with Gasteiger partial charge in [-0.25, -0.2) is 4.31 Å². The predicted octanol–water partition coefficient (Wildman–Crippen LogP) is 5.93. The molecule has 1 heterocycles. The summed E-state index contributed by atoms with van der Waals surface area (Å²) in [6.07, 6.45) is 0.0311. The van der Waals surface area contributed by atoms with E-state index in [0.717, 1.165) is 40.3 Å². The summed E-state index contributed by atoms with van der Waals surface area (Å²) in [6, 6.07) is 15.0. The van der Waals surface area contributed by atoms with Crippen LogP contribution in [0.1, 0.15) is 42.5 Å². The Hall–Kier alpha value is -3.72. The van der Waals surface area contributed by atoms with Crippen molar-refractivity contribution in [1.82, 2.24) is 9.29 Å². The SMILES string of the molecule is Cc1cnccc1-c1cccc(C(C)N(CCCCNc2c(NCCS(=O)(=O)O)c(=O)c2=O)Sc2ccccc2C(F)(F)F)c1. The Bertz CT molecular complexity index is 1810. The Morgan fingerprint density at radius 1 is 0.978 bits per heavy atom. The second-order valence-corrected chi connectivity index (χ2v) is 13.1. The first-order valence-corrected chi connectivity index (χ1v) is 16.5. The van der Waals surface area contributed by atoms with Crippen LogP contribution in [0.15, 0.2) is 81.5 Å². The van der Waals surface area contributed by atoms with Gasteiger partial charge in [-0.2, -0.15) is 21.6 Å². The molecule has 0 spiro atoms. The smallest absolute Gasteiger partial charge is 0.380 e. The highest BCUT2D eigenvalue weighted by Crippen LogP contribution is 2.41. The van der Waals surface area contributed by atoms with Crippen molar-refractivity contribution in [2.45, 2.75) is 43.8 Å². The Morgan fingerprint density at radius 3 is 2.33 bits per heavy atom. The molecule has 0 amide bonds. The maximum atomic E-state index is 13.8. The number of nitrogens with one attached hydrogen (secondary N) is 2. The number of unbranched alkanes of at least 4 members (excludes halogenated alkanes) is 1. The molecule has 0 saturated carbocycles. The predicted molar refractivity (Wildman–Crippen MR) is 171 cm³/mol. The van der Waals surface area contributed by atoms with E-state index in [9.17, 15) is 31.2 Å². The third-order valence-corrected chi connectivity index (χ3v) is 9.23. The van der Waals surface area contributed by atoms with Crippen molar-refractivity contribution in [2.75, 3.05) is 36.0 Å². The number of hydrogen-bond acceptors (Lipinski definition) is 9. The van der Waals surface area contributed by atoms with Crippen LogP contribution in [0, 0.1) is 6.92 Å². The van der Waals surface area contributed by atoms with Crippen LogP contribution in [-0.2, 0) is 16.3 Å². The Balaban J connectivity index is 1.47. The highest BCUT2D eigenvalue weighted by molar-refractivity contribution is 7.97. The number of aryl methyl sites for hydroxylation is 1. The van der Waals surface area contributed by atoms with Crippen LogP contribution in [0.5, 0.6) is 0 Å². The molecule has 0 aliphatic rings. The number of pyridine rings is 1. The molecule has 0 aliphatic heterocycles. The van der Waals surface area contributed by atoms with Crippen molar-refractivity contribution in [3.8, 4) is 11.1 Å². The summed E-state index contributed by atoms with van der Waals surface area (Å²) in [5.41, 5.74) is 1.67. The van der Waals surface area contributed by atoms with Crippen molar-refractivity contribution in [3.05, 3.63) is 104 Å². The average Bonchev–Trinajstić information content (AvgIpc) is 3.00. The number of aromatic nitrogens is 1. The van der Waals surface area contributed by atoms with Crippen molar-refractivity contribution in [2.24, 2.45) is 0 Å². The quantitative estimate of drug-likeness (QED) is 0.0610. The summed E-state index contributed by atoms with van der Waals surface area (Å²) in [6.45, 7) is 4.35. The minimum Gasteiger partial charge on any atom is -0.380 e. The lowest BCUT2D eigenvalue weighted by Gasteiger charge is -2.29. The average molecular weight is 663 g/mol. The summed E-state index contributed by atoms with van der Waals surface area (Å²) in [7, 11) is -4.24. The standard InChI is InChI=1S/C31H33F3N4O5S2/c1-20-19-35-14-12-24(20)23-9-7-8-22(18-23)21(2)38(44-26-11-4-3-10-25(26)31(32,33)34)16-6-5-13-36-27-28(30(40)29(27)39)37-15-17-45(41,42)43/h3-4,7-12,14,18-19,21,36-37H,5-6,13,15-17H2,1-2H3,(H,41,42,43). The number of alkyl halides is 3. The van der Waals surface area contributed by atoms with E-state index >= 15 is 0 Å². The van der Waals surface area contributed by atoms with Crippen molar-refractivity contribution in [1.29, 1.82) is 0 Å². The molecule has 0 bridgehead atoms. The molecule has 3 N–H and O–H groups in total. The second-order valence-electron chi connectivity index (χ2n) is 10.5. The van der Waals surface area contributed by atoms with Gasteiger partial charge in [0.15, 0.2) is 0 Å². The molecule has 0 radical (unpaired) electrons. The van der Waals surface area contributed by atoms with E-state index in [2.05, 4.69) is 15.6 Å². The monoisotopic (exact) mass is 662 g/mol. The third kappa shape index (κ3) is 8.93. The molecule has 14 heteroatoms. The lowest BCUT2D eigenvalue weighted by Crippen LogP contribution is -2.38. The van der Waals surface area contributed by atoms with Gasteiger partial charge in [0.1, 0.15) is 11.4 Å². The van der Waals surface area contributed by atoms with E-state index in [4.69, 9.17) is 4.55 Å². The van der Waals surface area contributed by atoms with Gasteiger partial charge in [0, 0.05) is 43.0 Å². The van der Waals surface area contributed by atoms with Crippen molar-refractivity contribution < 1.29 is 26.1 Å². The molecular weight excluding hydrogens is 629 g/mol. The number of hydrogen-bond donors (Lipinski definition) is 3. The van der Waals surface area contributed by atoms with Gasteiger partial charge in [0.25, 0.3) is 21.0 Å². The summed E-state index contributed by atoms with van der Waals surface area (Å²) in [5.74, 6) is -0.626. The summed E-state index contributed by atoms with van der Waals surface area (Å²) >= 11 is 1.04. The number of benzene rings is 2. The van der Waals surface area contributed by atoms with Crippen LogP contribution in [-0.4, -0.2) is 47.6 Å². The molecule has 9 nitrogen and oxygen atoms in total. The fourth-order valence-corrected chi connectivity index (χ4v) is 6.33. The number of nitrogens with zero attached hydrogens (tertiary/aromatic N) is 2. The normalized spacial score (nSPS) is 12.9. The van der Waals surface area contributed by atoms with E-state index in [1.54, 1.807) is 18.5 Å². The molecule has 3 aromatic carbocycles. The highest BCUT2D eigenvalue weighted by Gasteiger charge is 2.34. The van der Waals surface area contributed by atoms with E-state index in [-0.39, 0.29) is 28.9 Å². The second kappa shape index (κ2) is 14.6. The summed E-state index contributed by atoms with van der Waals surface area (Å²) in [5, 5.41) is 5.46. The largest absolute Gasteiger partial charge is 0.417 e. The van der Waals surface area contributed by atoms with Gasteiger partial charge >= 0.3 is 6.18 Å². The van der Waals surface area contributed by atoms with Gasteiger partial charge in [0.2, 0.25) is 0 Å². The lowest BCUT2D eigenvalue weighted by molar-refractivity contribution is -0.139. The minimum absolute atomic E-state index is 0.0391. The first-order chi connectivity index (χ1) is 21.3. The zero-order valence-corrected chi connectivity index (χ0v) is 26.2. The van der Waals surface area contributed by atoms with E-state index in [0.29, 0.717) is 25.9 Å².